The molecule has 2 rings (SSSR count). The minimum Gasteiger partial charge on any atom is -0.434 e. The van der Waals surface area contributed by atoms with Gasteiger partial charge in [0.05, 0.1) is 19.8 Å². The van der Waals surface area contributed by atoms with Crippen molar-refractivity contribution in [3.8, 4) is 5.75 Å². The molecule has 0 spiro atoms. The third-order valence-corrected chi connectivity index (χ3v) is 4.08. The Balaban J connectivity index is 1.73. The maximum Gasteiger partial charge on any atom is 0.387 e. The van der Waals surface area contributed by atoms with Gasteiger partial charge in [-0.25, -0.2) is 4.99 Å². The van der Waals surface area contributed by atoms with Crippen LogP contribution in [0, 0.1) is 5.92 Å². The van der Waals surface area contributed by atoms with Crippen LogP contribution in [0.1, 0.15) is 25.3 Å². The Morgan fingerprint density at radius 2 is 2.19 bits per heavy atom. The van der Waals surface area contributed by atoms with Crippen LogP contribution in [0.4, 0.5) is 8.78 Å². The molecule has 1 atom stereocenters. The summed E-state index contributed by atoms with van der Waals surface area (Å²) in [6.45, 7) is 3.84. The van der Waals surface area contributed by atoms with Crippen molar-refractivity contribution in [1.82, 2.24) is 10.6 Å². The summed E-state index contributed by atoms with van der Waals surface area (Å²) in [5, 5.41) is 6.37. The fourth-order valence-corrected chi connectivity index (χ4v) is 2.70. The quantitative estimate of drug-likeness (QED) is 0.348. The van der Waals surface area contributed by atoms with E-state index in [1.165, 1.54) is 6.07 Å². The number of guanidine groups is 1. The third kappa shape index (κ3) is 8.53. The number of nitrogens with zero attached hydrogens (tertiary/aromatic N) is 1. The number of rotatable bonds is 11. The number of aliphatic imine (C=N–C) groups is 1. The number of hydrogen-bond acceptors (Lipinski definition) is 4. The minimum absolute atomic E-state index is 0.149. The molecule has 0 aromatic heterocycles. The number of nitrogens with one attached hydrogen (secondary N) is 2. The van der Waals surface area contributed by atoms with Crippen LogP contribution in [0.2, 0.25) is 0 Å². The number of halogens is 2. The van der Waals surface area contributed by atoms with Gasteiger partial charge in [0.15, 0.2) is 5.96 Å². The van der Waals surface area contributed by atoms with Crippen molar-refractivity contribution < 1.29 is 23.0 Å². The molecule has 8 heteroatoms. The van der Waals surface area contributed by atoms with Crippen molar-refractivity contribution in [2.45, 2.75) is 32.9 Å². The van der Waals surface area contributed by atoms with Crippen molar-refractivity contribution in [2.24, 2.45) is 10.9 Å². The van der Waals surface area contributed by atoms with Crippen LogP contribution < -0.4 is 15.4 Å². The highest BCUT2D eigenvalue weighted by molar-refractivity contribution is 5.79. The highest BCUT2D eigenvalue weighted by Gasteiger charge is 2.15. The zero-order chi connectivity index (χ0) is 19.3. The summed E-state index contributed by atoms with van der Waals surface area (Å²) in [7, 11) is 0. The van der Waals surface area contributed by atoms with Crippen LogP contribution >= 0.6 is 0 Å². The number of hydrogen-bond donors (Lipinski definition) is 2. The first-order valence-corrected chi connectivity index (χ1v) is 9.39. The Kier molecular flexibility index (Phi) is 9.86. The third-order valence-electron chi connectivity index (χ3n) is 4.08. The van der Waals surface area contributed by atoms with E-state index in [-0.39, 0.29) is 12.3 Å². The van der Waals surface area contributed by atoms with Crippen molar-refractivity contribution >= 4 is 5.96 Å². The summed E-state index contributed by atoms with van der Waals surface area (Å²) in [6, 6.07) is 6.68. The molecule has 152 valence electrons. The van der Waals surface area contributed by atoms with Gasteiger partial charge in [-0.3, -0.25) is 0 Å². The van der Waals surface area contributed by atoms with Crippen LogP contribution in [-0.2, 0) is 16.0 Å². The van der Waals surface area contributed by atoms with Gasteiger partial charge >= 0.3 is 6.61 Å². The van der Waals surface area contributed by atoms with Crippen molar-refractivity contribution in [2.75, 3.05) is 39.5 Å². The normalized spacial score (nSPS) is 17.3. The topological polar surface area (TPSA) is 64.1 Å². The molecule has 1 aromatic carbocycles. The molecule has 1 fully saturated rings. The molecule has 1 aromatic rings. The van der Waals surface area contributed by atoms with E-state index >= 15 is 0 Å². The molecule has 27 heavy (non-hydrogen) atoms. The van der Waals surface area contributed by atoms with Gasteiger partial charge in [-0.1, -0.05) is 18.2 Å². The molecule has 1 heterocycles. The molecule has 1 aliphatic rings. The lowest BCUT2D eigenvalue weighted by Gasteiger charge is -2.13. The van der Waals surface area contributed by atoms with Gasteiger partial charge in [0.25, 0.3) is 0 Å². The molecule has 1 unspecified atom stereocenters. The van der Waals surface area contributed by atoms with E-state index < -0.39 is 6.61 Å². The molecular formula is C19H29F2N3O3. The van der Waals surface area contributed by atoms with Gasteiger partial charge in [0.2, 0.25) is 0 Å². The summed E-state index contributed by atoms with van der Waals surface area (Å²) in [5.41, 5.74) is 0.608. The molecule has 1 aliphatic heterocycles. The molecule has 0 aliphatic carbocycles. The zero-order valence-corrected chi connectivity index (χ0v) is 15.8. The molecular weight excluding hydrogens is 356 g/mol. The molecule has 2 N–H and O–H groups in total. The predicted molar refractivity (Wildman–Crippen MR) is 100 cm³/mol. The summed E-state index contributed by atoms with van der Waals surface area (Å²) in [4.78, 5) is 4.44. The molecule has 0 amide bonds. The first-order valence-electron chi connectivity index (χ1n) is 9.39. The van der Waals surface area contributed by atoms with Gasteiger partial charge in [-0.05, 0) is 25.8 Å². The van der Waals surface area contributed by atoms with Gasteiger partial charge in [0, 0.05) is 37.8 Å². The Bertz CT molecular complexity index is 567. The van der Waals surface area contributed by atoms with Crippen LogP contribution in [0.25, 0.3) is 0 Å². The SMILES string of the molecule is CCNC(=NCc1ccccc1OC(F)F)NCCCOCC1CCOC1. The summed E-state index contributed by atoms with van der Waals surface area (Å²) < 4.78 is 40.5. The summed E-state index contributed by atoms with van der Waals surface area (Å²) in [6.07, 6.45) is 1.93. The first kappa shape index (κ1) is 21.4. The molecule has 1 saturated heterocycles. The van der Waals surface area contributed by atoms with E-state index in [9.17, 15) is 8.78 Å². The van der Waals surface area contributed by atoms with Crippen molar-refractivity contribution in [1.29, 1.82) is 0 Å². The van der Waals surface area contributed by atoms with E-state index in [2.05, 4.69) is 20.4 Å². The lowest BCUT2D eigenvalue weighted by molar-refractivity contribution is -0.0504. The van der Waals surface area contributed by atoms with E-state index in [0.717, 1.165) is 32.7 Å². The largest absolute Gasteiger partial charge is 0.434 e. The number of benzene rings is 1. The monoisotopic (exact) mass is 385 g/mol. The molecule has 0 radical (unpaired) electrons. The van der Waals surface area contributed by atoms with Crippen LogP contribution in [0.5, 0.6) is 5.75 Å². The Hall–Kier alpha value is -1.93. The number of para-hydroxylation sites is 1. The minimum atomic E-state index is -2.85. The lowest BCUT2D eigenvalue weighted by Crippen LogP contribution is -2.38. The fraction of sp³-hybridized carbons (Fsp3) is 0.632. The maximum absolute atomic E-state index is 12.5. The average molecular weight is 385 g/mol. The van der Waals surface area contributed by atoms with E-state index in [1.54, 1.807) is 18.2 Å². The van der Waals surface area contributed by atoms with Gasteiger partial charge in [-0.2, -0.15) is 8.78 Å². The molecule has 0 bridgehead atoms. The molecule has 0 saturated carbocycles. The Labute approximate surface area is 159 Å². The molecule has 6 nitrogen and oxygen atoms in total. The summed E-state index contributed by atoms with van der Waals surface area (Å²) >= 11 is 0. The maximum atomic E-state index is 12.5. The highest BCUT2D eigenvalue weighted by Crippen LogP contribution is 2.20. The predicted octanol–water partition coefficient (Wildman–Crippen LogP) is 2.79. The standard InChI is InChI=1S/C19H29F2N3O3/c1-2-22-19(23-9-5-10-25-13-15-8-11-26-14-15)24-12-16-6-3-4-7-17(16)27-18(20)21/h3-4,6-7,15,18H,2,5,8-14H2,1H3,(H2,22,23,24). The second-order valence-corrected chi connectivity index (χ2v) is 6.27. The van der Waals surface area contributed by atoms with Gasteiger partial charge < -0.3 is 24.8 Å². The van der Waals surface area contributed by atoms with Crippen LogP contribution in [0.3, 0.4) is 0 Å². The number of alkyl halides is 2. The zero-order valence-electron chi connectivity index (χ0n) is 15.8. The van der Waals surface area contributed by atoms with Crippen molar-refractivity contribution in [3.63, 3.8) is 0 Å². The second kappa shape index (κ2) is 12.5. The Morgan fingerprint density at radius 3 is 2.93 bits per heavy atom. The summed E-state index contributed by atoms with van der Waals surface area (Å²) in [5.74, 6) is 1.30. The van der Waals surface area contributed by atoms with Gasteiger partial charge in [-0.15, -0.1) is 0 Å². The average Bonchev–Trinajstić information content (AvgIpc) is 3.16. The lowest BCUT2D eigenvalue weighted by atomic mass is 10.1. The van der Waals surface area contributed by atoms with Gasteiger partial charge in [0.1, 0.15) is 5.75 Å². The Morgan fingerprint density at radius 1 is 1.33 bits per heavy atom. The highest BCUT2D eigenvalue weighted by atomic mass is 19.3. The first-order chi connectivity index (χ1) is 13.2. The fourth-order valence-electron chi connectivity index (χ4n) is 2.70. The van der Waals surface area contributed by atoms with E-state index in [0.29, 0.717) is 37.1 Å². The second-order valence-electron chi connectivity index (χ2n) is 6.27. The van der Waals surface area contributed by atoms with Crippen LogP contribution in [0.15, 0.2) is 29.3 Å². The van der Waals surface area contributed by atoms with Crippen molar-refractivity contribution in [3.05, 3.63) is 29.8 Å². The number of ether oxygens (including phenoxy) is 3. The van der Waals surface area contributed by atoms with E-state index in [4.69, 9.17) is 9.47 Å². The van der Waals surface area contributed by atoms with Crippen LogP contribution in [-0.4, -0.2) is 52.1 Å². The van der Waals surface area contributed by atoms with E-state index in [1.807, 2.05) is 6.92 Å². The smallest absolute Gasteiger partial charge is 0.387 e.